The summed E-state index contributed by atoms with van der Waals surface area (Å²) in [5, 5.41) is 13.6. The van der Waals surface area contributed by atoms with E-state index in [1.54, 1.807) is 18.3 Å². The second kappa shape index (κ2) is 9.49. The lowest BCUT2D eigenvalue weighted by atomic mass is 10.0. The van der Waals surface area contributed by atoms with Gasteiger partial charge in [-0.2, -0.15) is 5.10 Å². The van der Waals surface area contributed by atoms with Crippen LogP contribution in [0.25, 0.3) is 11.1 Å². The molecular weight excluding hydrogens is 404 g/mol. The lowest BCUT2D eigenvalue weighted by Gasteiger charge is -2.23. The normalized spacial score (nSPS) is 16.2. The summed E-state index contributed by atoms with van der Waals surface area (Å²) in [6, 6.07) is 15.1. The van der Waals surface area contributed by atoms with Crippen LogP contribution < -0.4 is 21.7 Å². The van der Waals surface area contributed by atoms with Crippen molar-refractivity contribution in [2.24, 2.45) is 5.73 Å². The molecule has 3 aromatic rings. The van der Waals surface area contributed by atoms with Crippen LogP contribution >= 0.6 is 0 Å². The van der Waals surface area contributed by atoms with E-state index in [1.807, 2.05) is 60.4 Å². The molecule has 0 aliphatic carbocycles. The average molecular weight is 431 g/mol. The number of nitrogens with one attached hydrogen (secondary N) is 3. The van der Waals surface area contributed by atoms with E-state index in [9.17, 15) is 9.59 Å². The van der Waals surface area contributed by atoms with Gasteiger partial charge in [0, 0.05) is 23.9 Å². The average Bonchev–Trinajstić information content (AvgIpc) is 3.28. The van der Waals surface area contributed by atoms with Gasteiger partial charge in [0.25, 0.3) is 5.91 Å². The number of nitrogens with two attached hydrogens (primary N) is 1. The first-order valence-electron chi connectivity index (χ1n) is 10.5. The van der Waals surface area contributed by atoms with Crippen LogP contribution in [-0.2, 0) is 11.3 Å². The van der Waals surface area contributed by atoms with E-state index in [4.69, 9.17) is 5.73 Å². The molecule has 0 spiro atoms. The SMILES string of the molecule is CC(NC(=O)C1NC=CCN1)c1cccc(-c2cnn(Cc3cccc(C(N)=O)c3)c2)c1. The predicted molar refractivity (Wildman–Crippen MR) is 122 cm³/mol. The lowest BCUT2D eigenvalue weighted by molar-refractivity contribution is -0.124. The van der Waals surface area contributed by atoms with Crippen molar-refractivity contribution in [3.63, 3.8) is 0 Å². The molecule has 8 nitrogen and oxygen atoms in total. The zero-order chi connectivity index (χ0) is 22.5. The summed E-state index contributed by atoms with van der Waals surface area (Å²) in [6.07, 6.45) is 7.04. The maximum absolute atomic E-state index is 12.5. The van der Waals surface area contributed by atoms with Crippen LogP contribution in [0.4, 0.5) is 0 Å². The molecule has 2 heterocycles. The Morgan fingerprint density at radius 3 is 2.84 bits per heavy atom. The van der Waals surface area contributed by atoms with Crippen LogP contribution in [0.1, 0.15) is 34.5 Å². The molecule has 1 aliphatic rings. The number of primary amides is 1. The highest BCUT2D eigenvalue weighted by Gasteiger charge is 2.20. The summed E-state index contributed by atoms with van der Waals surface area (Å²) in [4.78, 5) is 23.9. The fourth-order valence-corrected chi connectivity index (χ4v) is 3.61. The number of benzene rings is 2. The van der Waals surface area contributed by atoms with Crippen molar-refractivity contribution in [3.05, 3.63) is 89.9 Å². The quantitative estimate of drug-likeness (QED) is 0.457. The molecule has 0 fully saturated rings. The maximum atomic E-state index is 12.5. The van der Waals surface area contributed by atoms with Crippen molar-refractivity contribution in [2.75, 3.05) is 6.54 Å². The summed E-state index contributed by atoms with van der Waals surface area (Å²) < 4.78 is 1.82. The highest BCUT2D eigenvalue weighted by Crippen LogP contribution is 2.23. The summed E-state index contributed by atoms with van der Waals surface area (Å²) in [5.41, 5.74) is 9.78. The second-order valence-electron chi connectivity index (χ2n) is 7.76. The topological polar surface area (TPSA) is 114 Å². The van der Waals surface area contributed by atoms with E-state index < -0.39 is 12.1 Å². The Balaban J connectivity index is 1.45. The highest BCUT2D eigenvalue weighted by molar-refractivity contribution is 5.92. The number of amides is 2. The first-order valence-corrected chi connectivity index (χ1v) is 10.5. The fourth-order valence-electron chi connectivity index (χ4n) is 3.61. The standard InChI is InChI=1S/C24H26N6O2/c1-16(29-24(32)23-26-9-4-10-27-23)18-6-3-7-19(12-18)21-13-28-30(15-21)14-17-5-2-8-20(11-17)22(25)31/h2-9,11-13,15-16,23,26-27H,10,14H2,1H3,(H2,25,31)(H,29,32). The highest BCUT2D eigenvalue weighted by atomic mass is 16.2. The zero-order valence-corrected chi connectivity index (χ0v) is 17.8. The number of carbonyl (C=O) groups is 2. The van der Waals surface area contributed by atoms with Crippen LogP contribution in [0.15, 0.2) is 73.2 Å². The van der Waals surface area contributed by atoms with Crippen molar-refractivity contribution >= 4 is 11.8 Å². The number of carbonyl (C=O) groups excluding carboxylic acids is 2. The van der Waals surface area contributed by atoms with Gasteiger partial charge in [-0.25, -0.2) is 0 Å². The fraction of sp³-hybridized carbons (Fsp3) is 0.208. The van der Waals surface area contributed by atoms with Crippen LogP contribution in [0.3, 0.4) is 0 Å². The predicted octanol–water partition coefficient (Wildman–Crippen LogP) is 1.91. The van der Waals surface area contributed by atoms with Gasteiger partial charge in [-0.05, 0) is 48.0 Å². The Kier molecular flexibility index (Phi) is 6.32. The molecular formula is C24H26N6O2. The largest absolute Gasteiger partial charge is 0.368 e. The van der Waals surface area contributed by atoms with Crippen LogP contribution in [0, 0.1) is 0 Å². The summed E-state index contributed by atoms with van der Waals surface area (Å²) in [6.45, 7) is 3.15. The van der Waals surface area contributed by atoms with Crippen molar-refractivity contribution in [1.82, 2.24) is 25.7 Å². The van der Waals surface area contributed by atoms with Gasteiger partial charge in [-0.1, -0.05) is 36.4 Å². The van der Waals surface area contributed by atoms with E-state index in [1.165, 1.54) is 0 Å². The Morgan fingerprint density at radius 1 is 1.22 bits per heavy atom. The van der Waals surface area contributed by atoms with Crippen molar-refractivity contribution in [3.8, 4) is 11.1 Å². The third-order valence-electron chi connectivity index (χ3n) is 5.35. The number of nitrogens with zero attached hydrogens (tertiary/aromatic N) is 2. The van der Waals surface area contributed by atoms with E-state index in [0.29, 0.717) is 18.7 Å². The van der Waals surface area contributed by atoms with Crippen LogP contribution in [-0.4, -0.2) is 34.3 Å². The smallest absolute Gasteiger partial charge is 0.258 e. The number of hydrogen-bond acceptors (Lipinski definition) is 5. The van der Waals surface area contributed by atoms with Gasteiger partial charge in [0.2, 0.25) is 5.91 Å². The van der Waals surface area contributed by atoms with Gasteiger partial charge in [0.15, 0.2) is 6.17 Å². The molecule has 1 aromatic heterocycles. The molecule has 1 aliphatic heterocycles. The van der Waals surface area contributed by atoms with Gasteiger partial charge in [0.1, 0.15) is 0 Å². The summed E-state index contributed by atoms with van der Waals surface area (Å²) >= 11 is 0. The molecule has 2 amide bonds. The van der Waals surface area contributed by atoms with Crippen LogP contribution in [0.5, 0.6) is 0 Å². The number of aromatic nitrogens is 2. The third-order valence-corrected chi connectivity index (χ3v) is 5.35. The Morgan fingerprint density at radius 2 is 2.06 bits per heavy atom. The monoisotopic (exact) mass is 430 g/mol. The lowest BCUT2D eigenvalue weighted by Crippen LogP contribution is -2.53. The Hall–Kier alpha value is -3.91. The van der Waals surface area contributed by atoms with Crippen molar-refractivity contribution in [1.29, 1.82) is 0 Å². The number of hydrogen-bond donors (Lipinski definition) is 4. The molecule has 164 valence electrons. The molecule has 5 N–H and O–H groups in total. The molecule has 0 saturated heterocycles. The van der Waals surface area contributed by atoms with E-state index >= 15 is 0 Å². The van der Waals surface area contributed by atoms with E-state index in [0.717, 1.165) is 22.3 Å². The van der Waals surface area contributed by atoms with E-state index in [-0.39, 0.29) is 11.9 Å². The molecule has 2 aromatic carbocycles. The molecule has 8 heteroatoms. The Labute approximate surface area is 186 Å². The van der Waals surface area contributed by atoms with Gasteiger partial charge in [-0.15, -0.1) is 0 Å². The molecule has 0 saturated carbocycles. The number of rotatable bonds is 7. The van der Waals surface area contributed by atoms with Crippen molar-refractivity contribution in [2.45, 2.75) is 25.7 Å². The molecule has 2 atom stereocenters. The van der Waals surface area contributed by atoms with Gasteiger partial charge >= 0.3 is 0 Å². The minimum atomic E-state index is -0.447. The van der Waals surface area contributed by atoms with Gasteiger partial charge < -0.3 is 16.4 Å². The molecule has 4 rings (SSSR count). The molecule has 0 bridgehead atoms. The zero-order valence-electron chi connectivity index (χ0n) is 17.8. The van der Waals surface area contributed by atoms with Crippen molar-refractivity contribution < 1.29 is 9.59 Å². The summed E-state index contributed by atoms with van der Waals surface area (Å²) in [5.74, 6) is -0.546. The van der Waals surface area contributed by atoms with E-state index in [2.05, 4.69) is 27.1 Å². The first kappa shape index (κ1) is 21.3. The minimum absolute atomic E-state index is 0.0988. The maximum Gasteiger partial charge on any atom is 0.258 e. The molecule has 2 unspecified atom stereocenters. The third kappa shape index (κ3) is 5.04. The van der Waals surface area contributed by atoms with Crippen LogP contribution in [0.2, 0.25) is 0 Å². The van der Waals surface area contributed by atoms with Gasteiger partial charge in [0.05, 0.1) is 18.8 Å². The second-order valence-corrected chi connectivity index (χ2v) is 7.76. The summed E-state index contributed by atoms with van der Waals surface area (Å²) in [7, 11) is 0. The minimum Gasteiger partial charge on any atom is -0.368 e. The van der Waals surface area contributed by atoms with Gasteiger partial charge in [-0.3, -0.25) is 19.6 Å². The Bertz CT molecular complexity index is 1150. The molecule has 32 heavy (non-hydrogen) atoms. The molecule has 0 radical (unpaired) electrons. The first-order chi connectivity index (χ1) is 15.5.